The maximum Gasteiger partial charge on any atom is 0.145 e. The number of thiophene rings is 1. The number of aryl methyl sites for hydroxylation is 2. The van der Waals surface area contributed by atoms with Gasteiger partial charge in [-0.3, -0.25) is 4.90 Å². The van der Waals surface area contributed by atoms with E-state index in [1.165, 1.54) is 28.7 Å². The van der Waals surface area contributed by atoms with Gasteiger partial charge >= 0.3 is 0 Å². The van der Waals surface area contributed by atoms with E-state index < -0.39 is 0 Å². The zero-order valence-corrected chi connectivity index (χ0v) is 18.4. The van der Waals surface area contributed by atoms with Gasteiger partial charge in [0.2, 0.25) is 0 Å². The van der Waals surface area contributed by atoms with E-state index in [0.717, 1.165) is 72.4 Å². The van der Waals surface area contributed by atoms with Gasteiger partial charge in [0.05, 0.1) is 19.8 Å². The summed E-state index contributed by atoms with van der Waals surface area (Å²) in [5.74, 6) is 0.911. The molecule has 2 aromatic rings. The Bertz CT molecular complexity index is 828. The normalized spacial score (nSPS) is 17.4. The highest BCUT2D eigenvalue weighted by Gasteiger charge is 2.24. The maximum absolute atomic E-state index is 5.73. The van der Waals surface area contributed by atoms with Gasteiger partial charge in [-0.25, -0.2) is 9.97 Å². The van der Waals surface area contributed by atoms with Gasteiger partial charge in [0, 0.05) is 36.4 Å². The SMILES string of the molecule is CCN(CC)C(=S)Sc1nc(CN2CCOCC2)nc2sc3c(c12)CCC3. The largest absolute Gasteiger partial charge is 0.379 e. The quantitative estimate of drug-likeness (QED) is 0.413. The second-order valence-corrected chi connectivity index (χ2v) is 9.62. The topological polar surface area (TPSA) is 41.5 Å². The molecule has 8 heteroatoms. The minimum Gasteiger partial charge on any atom is -0.379 e. The van der Waals surface area contributed by atoms with E-state index in [2.05, 4.69) is 23.6 Å². The van der Waals surface area contributed by atoms with Crippen LogP contribution in [0.4, 0.5) is 0 Å². The summed E-state index contributed by atoms with van der Waals surface area (Å²) < 4.78 is 6.38. The number of thioether (sulfide) groups is 1. The fraction of sp³-hybridized carbons (Fsp3) is 0.632. The minimum atomic E-state index is 0.785. The lowest BCUT2D eigenvalue weighted by atomic mass is 10.2. The molecule has 0 spiro atoms. The van der Waals surface area contributed by atoms with Crippen molar-refractivity contribution in [2.24, 2.45) is 0 Å². The van der Waals surface area contributed by atoms with E-state index in [9.17, 15) is 0 Å². The number of ether oxygens (including phenoxy) is 1. The molecule has 0 bridgehead atoms. The molecule has 27 heavy (non-hydrogen) atoms. The average molecular weight is 423 g/mol. The van der Waals surface area contributed by atoms with Crippen LogP contribution in [0, 0.1) is 0 Å². The highest BCUT2D eigenvalue weighted by Crippen LogP contribution is 2.41. The number of aromatic nitrogens is 2. The second kappa shape index (κ2) is 8.69. The Balaban J connectivity index is 1.68. The number of morpholine rings is 1. The molecule has 0 radical (unpaired) electrons. The highest BCUT2D eigenvalue weighted by atomic mass is 32.2. The van der Waals surface area contributed by atoms with Crippen molar-refractivity contribution in [3.8, 4) is 0 Å². The van der Waals surface area contributed by atoms with Gasteiger partial charge in [-0.2, -0.15) is 0 Å². The Morgan fingerprint density at radius 2 is 2.00 bits per heavy atom. The maximum atomic E-state index is 5.73. The first-order valence-corrected chi connectivity index (χ1v) is 11.8. The summed E-state index contributed by atoms with van der Waals surface area (Å²) in [6, 6.07) is 0. The molecule has 2 aromatic heterocycles. The van der Waals surface area contributed by atoms with Gasteiger partial charge in [-0.15, -0.1) is 11.3 Å². The second-order valence-electron chi connectivity index (χ2n) is 6.91. The van der Waals surface area contributed by atoms with Crippen LogP contribution in [0.2, 0.25) is 0 Å². The summed E-state index contributed by atoms with van der Waals surface area (Å²) in [7, 11) is 0. The lowest BCUT2D eigenvalue weighted by Gasteiger charge is -2.26. The molecule has 0 aromatic carbocycles. The monoisotopic (exact) mass is 422 g/mol. The van der Waals surface area contributed by atoms with Crippen LogP contribution in [-0.2, 0) is 24.1 Å². The third kappa shape index (κ3) is 4.15. The first kappa shape index (κ1) is 19.5. The fourth-order valence-electron chi connectivity index (χ4n) is 3.74. The number of hydrogen-bond donors (Lipinski definition) is 0. The van der Waals surface area contributed by atoms with E-state index in [-0.39, 0.29) is 0 Å². The van der Waals surface area contributed by atoms with E-state index >= 15 is 0 Å². The van der Waals surface area contributed by atoms with Gasteiger partial charge in [-0.1, -0.05) is 12.2 Å². The Morgan fingerprint density at radius 3 is 2.74 bits per heavy atom. The predicted molar refractivity (Wildman–Crippen MR) is 117 cm³/mol. The zero-order valence-electron chi connectivity index (χ0n) is 16.0. The van der Waals surface area contributed by atoms with Crippen LogP contribution < -0.4 is 0 Å². The van der Waals surface area contributed by atoms with Crippen molar-refractivity contribution in [3.63, 3.8) is 0 Å². The van der Waals surface area contributed by atoms with E-state index in [4.69, 9.17) is 26.9 Å². The van der Waals surface area contributed by atoms with Crippen molar-refractivity contribution in [1.82, 2.24) is 19.8 Å². The molecule has 3 heterocycles. The van der Waals surface area contributed by atoms with Crippen molar-refractivity contribution >= 4 is 49.9 Å². The first-order valence-electron chi connectivity index (χ1n) is 9.77. The van der Waals surface area contributed by atoms with Crippen molar-refractivity contribution in [3.05, 3.63) is 16.3 Å². The smallest absolute Gasteiger partial charge is 0.145 e. The standard InChI is InChI=1S/C19H26N4OS3/c1-3-23(4-2)19(25)27-18-16-13-6-5-7-14(13)26-17(16)20-15(21-18)12-22-8-10-24-11-9-22/h3-12H2,1-2H3. The Kier molecular flexibility index (Phi) is 6.28. The summed E-state index contributed by atoms with van der Waals surface area (Å²) in [6.07, 6.45) is 3.57. The molecule has 146 valence electrons. The number of nitrogens with zero attached hydrogens (tertiary/aromatic N) is 4. The van der Waals surface area contributed by atoms with E-state index in [0.29, 0.717) is 0 Å². The molecule has 1 fully saturated rings. The molecule has 1 aliphatic carbocycles. The molecule has 2 aliphatic rings. The summed E-state index contributed by atoms with van der Waals surface area (Å²) in [4.78, 5) is 17.2. The number of hydrogen-bond acceptors (Lipinski definition) is 7. The zero-order chi connectivity index (χ0) is 18.8. The van der Waals surface area contributed by atoms with Crippen molar-refractivity contribution < 1.29 is 4.74 Å². The van der Waals surface area contributed by atoms with Gasteiger partial charge in [-0.05, 0) is 50.4 Å². The molecule has 0 saturated carbocycles. The molecular formula is C19H26N4OS3. The third-order valence-electron chi connectivity index (χ3n) is 5.25. The van der Waals surface area contributed by atoms with Crippen LogP contribution >= 0.6 is 35.3 Å². The molecule has 4 rings (SSSR count). The minimum absolute atomic E-state index is 0.785. The molecule has 0 unspecified atom stereocenters. The highest BCUT2D eigenvalue weighted by molar-refractivity contribution is 8.23. The molecule has 0 N–H and O–H groups in total. The molecule has 0 amide bonds. The van der Waals surface area contributed by atoms with Crippen LogP contribution in [0.5, 0.6) is 0 Å². The number of thiocarbonyl (C=S) groups is 1. The number of rotatable bonds is 5. The molecule has 5 nitrogen and oxygen atoms in total. The van der Waals surface area contributed by atoms with Crippen molar-refractivity contribution in [2.75, 3.05) is 39.4 Å². The number of fused-ring (bicyclic) bond motifs is 3. The Labute approximate surface area is 174 Å². The molecule has 1 saturated heterocycles. The lowest BCUT2D eigenvalue weighted by molar-refractivity contribution is 0.0330. The summed E-state index contributed by atoms with van der Waals surface area (Å²) in [6.45, 7) is 10.4. The Hall–Kier alpha value is -0.800. The van der Waals surface area contributed by atoms with Crippen LogP contribution in [-0.4, -0.2) is 63.5 Å². The predicted octanol–water partition coefficient (Wildman–Crippen LogP) is 3.73. The average Bonchev–Trinajstić information content (AvgIpc) is 3.24. The summed E-state index contributed by atoms with van der Waals surface area (Å²) in [5.41, 5.74) is 1.47. The van der Waals surface area contributed by atoms with Crippen LogP contribution in [0.25, 0.3) is 10.2 Å². The van der Waals surface area contributed by atoms with Gasteiger partial charge in [0.1, 0.15) is 20.0 Å². The van der Waals surface area contributed by atoms with Crippen molar-refractivity contribution in [1.29, 1.82) is 0 Å². The summed E-state index contributed by atoms with van der Waals surface area (Å²) in [5, 5.41) is 2.32. The van der Waals surface area contributed by atoms with E-state index in [1.54, 1.807) is 11.8 Å². The van der Waals surface area contributed by atoms with Gasteiger partial charge in [0.25, 0.3) is 0 Å². The third-order valence-corrected chi connectivity index (χ3v) is 7.87. The molecule has 1 aliphatic heterocycles. The molecule has 0 atom stereocenters. The van der Waals surface area contributed by atoms with Gasteiger partial charge in [0.15, 0.2) is 0 Å². The van der Waals surface area contributed by atoms with Crippen LogP contribution in [0.3, 0.4) is 0 Å². The Morgan fingerprint density at radius 1 is 1.22 bits per heavy atom. The lowest BCUT2D eigenvalue weighted by Crippen LogP contribution is -2.36. The molecular weight excluding hydrogens is 396 g/mol. The van der Waals surface area contributed by atoms with Gasteiger partial charge < -0.3 is 9.64 Å². The fourth-order valence-corrected chi connectivity index (χ4v) is 6.60. The van der Waals surface area contributed by atoms with Crippen molar-refractivity contribution in [2.45, 2.75) is 44.7 Å². The van der Waals surface area contributed by atoms with E-state index in [1.807, 2.05) is 11.3 Å². The van der Waals surface area contributed by atoms with Crippen LogP contribution in [0.15, 0.2) is 5.03 Å². The first-order chi connectivity index (χ1) is 13.2. The summed E-state index contributed by atoms with van der Waals surface area (Å²) >= 11 is 9.24. The van der Waals surface area contributed by atoms with Crippen LogP contribution in [0.1, 0.15) is 36.5 Å².